The van der Waals surface area contributed by atoms with E-state index in [2.05, 4.69) is 43.4 Å². The second-order valence-corrected chi connectivity index (χ2v) is 6.30. The first-order valence-corrected chi connectivity index (χ1v) is 9.95. The van der Waals surface area contributed by atoms with Crippen molar-refractivity contribution in [2.45, 2.75) is 71.1 Å². The summed E-state index contributed by atoms with van der Waals surface area (Å²) in [7, 11) is 0. The van der Waals surface area contributed by atoms with Crippen LogP contribution in [-0.4, -0.2) is 5.97 Å². The Bertz CT molecular complexity index is 547. The molecule has 1 aromatic rings. The fourth-order valence-electron chi connectivity index (χ4n) is 2.50. The molecule has 26 heavy (non-hydrogen) atoms. The van der Waals surface area contributed by atoms with E-state index in [1.807, 2.05) is 18.2 Å². The molecule has 3 heteroatoms. The zero-order valence-electron chi connectivity index (χ0n) is 16.2. The molecule has 3 nitrogen and oxygen atoms in total. The van der Waals surface area contributed by atoms with E-state index in [-0.39, 0.29) is 5.97 Å². The fraction of sp³-hybridized carbons (Fsp3) is 0.478. The van der Waals surface area contributed by atoms with Gasteiger partial charge in [-0.25, -0.2) is 4.79 Å². The molecular formula is C23H34NO2+. The van der Waals surface area contributed by atoms with Crippen molar-refractivity contribution in [3.63, 3.8) is 0 Å². The number of rotatable bonds is 14. The van der Waals surface area contributed by atoms with Crippen molar-refractivity contribution in [2.75, 3.05) is 0 Å². The summed E-state index contributed by atoms with van der Waals surface area (Å²) in [6.45, 7) is 2.15. The zero-order chi connectivity index (χ0) is 18.7. The number of nitrogens with zero attached hydrogens (tertiary/aromatic N) is 1. The van der Waals surface area contributed by atoms with Gasteiger partial charge in [0, 0.05) is 16.9 Å². The topological polar surface area (TPSA) is 30.2 Å². The fourth-order valence-corrected chi connectivity index (χ4v) is 2.50. The van der Waals surface area contributed by atoms with Crippen molar-refractivity contribution in [1.29, 1.82) is 0 Å². The minimum atomic E-state index is -0.164. The second kappa shape index (κ2) is 16.3. The van der Waals surface area contributed by atoms with Crippen LogP contribution in [0, 0.1) is 0 Å². The van der Waals surface area contributed by atoms with Crippen LogP contribution in [0.15, 0.2) is 67.0 Å². The van der Waals surface area contributed by atoms with Gasteiger partial charge in [-0.1, -0.05) is 68.7 Å². The molecule has 0 aromatic carbocycles. The standard InChI is InChI=1S/C23H34NO2/c1-2-3-4-5-6-7-8-9-10-11-12-13-14-15-17-20-23(25)26-24-21-18-16-19-22-24/h3-4,6-7,9-10,16,18-19,21-22H,2,5,8,11-15,17,20H2,1H3/q+1/b4-3-,7-6-,10-9-. The number of unbranched alkanes of at least 4 members (excludes halogenated alkanes) is 5. The lowest BCUT2D eigenvalue weighted by Gasteiger charge is -1.99. The Labute approximate surface area is 159 Å². The molecule has 0 atom stereocenters. The van der Waals surface area contributed by atoms with Crippen LogP contribution in [0.3, 0.4) is 0 Å². The van der Waals surface area contributed by atoms with Crippen molar-refractivity contribution < 1.29 is 14.4 Å². The van der Waals surface area contributed by atoms with Crippen LogP contribution in [0.1, 0.15) is 71.1 Å². The van der Waals surface area contributed by atoms with E-state index in [9.17, 15) is 4.79 Å². The predicted molar refractivity (Wildman–Crippen MR) is 107 cm³/mol. The molecule has 0 aliphatic carbocycles. The Morgan fingerprint density at radius 3 is 2.15 bits per heavy atom. The van der Waals surface area contributed by atoms with E-state index in [0.717, 1.165) is 38.5 Å². The van der Waals surface area contributed by atoms with Gasteiger partial charge in [-0.05, 0) is 38.5 Å². The molecule has 0 spiro atoms. The van der Waals surface area contributed by atoms with Crippen LogP contribution >= 0.6 is 0 Å². The molecule has 0 unspecified atom stereocenters. The van der Waals surface area contributed by atoms with E-state index in [0.29, 0.717) is 6.42 Å². The van der Waals surface area contributed by atoms with Gasteiger partial charge in [-0.2, -0.15) is 4.84 Å². The van der Waals surface area contributed by atoms with E-state index in [1.54, 1.807) is 12.4 Å². The molecule has 0 N–H and O–H groups in total. The van der Waals surface area contributed by atoms with Crippen molar-refractivity contribution in [1.82, 2.24) is 0 Å². The summed E-state index contributed by atoms with van der Waals surface area (Å²) in [4.78, 5) is 16.9. The molecule has 1 heterocycles. The molecule has 0 saturated heterocycles. The first kappa shape index (κ1) is 21.9. The van der Waals surface area contributed by atoms with Crippen molar-refractivity contribution in [3.05, 3.63) is 67.0 Å². The SMILES string of the molecule is CC/C=C\C/C=C\C/C=C\CCCCCCCC(=O)O[n+]1ccccc1. The minimum absolute atomic E-state index is 0.164. The van der Waals surface area contributed by atoms with Crippen molar-refractivity contribution in [2.24, 2.45) is 0 Å². The van der Waals surface area contributed by atoms with E-state index < -0.39 is 0 Å². The highest BCUT2D eigenvalue weighted by molar-refractivity contribution is 5.68. The van der Waals surface area contributed by atoms with Gasteiger partial charge in [0.05, 0.1) is 6.42 Å². The summed E-state index contributed by atoms with van der Waals surface area (Å²) in [6.07, 6.45) is 27.3. The molecule has 0 bridgehead atoms. The molecule has 0 radical (unpaired) electrons. The molecule has 1 rings (SSSR count). The molecule has 1 aromatic heterocycles. The van der Waals surface area contributed by atoms with Gasteiger partial charge in [0.15, 0.2) is 0 Å². The Morgan fingerprint density at radius 1 is 0.808 bits per heavy atom. The maximum absolute atomic E-state index is 11.7. The quantitative estimate of drug-likeness (QED) is 0.250. The van der Waals surface area contributed by atoms with E-state index in [4.69, 9.17) is 4.84 Å². The molecule has 142 valence electrons. The summed E-state index contributed by atoms with van der Waals surface area (Å²) in [6, 6.07) is 5.56. The van der Waals surface area contributed by atoms with Crippen LogP contribution in [-0.2, 0) is 4.79 Å². The third-order valence-corrected chi connectivity index (χ3v) is 3.93. The maximum Gasteiger partial charge on any atom is 0.380 e. The summed E-state index contributed by atoms with van der Waals surface area (Å²) >= 11 is 0. The number of carbonyl (C=O) groups is 1. The third kappa shape index (κ3) is 13.2. The van der Waals surface area contributed by atoms with Gasteiger partial charge in [-0.3, -0.25) is 0 Å². The maximum atomic E-state index is 11.7. The molecule has 0 aliphatic rings. The lowest BCUT2D eigenvalue weighted by atomic mass is 10.1. The number of aromatic nitrogens is 1. The molecule has 0 saturated carbocycles. The van der Waals surface area contributed by atoms with Crippen molar-refractivity contribution in [3.8, 4) is 0 Å². The minimum Gasteiger partial charge on any atom is -0.245 e. The van der Waals surface area contributed by atoms with Gasteiger partial charge in [0.25, 0.3) is 0 Å². The van der Waals surface area contributed by atoms with Gasteiger partial charge >= 0.3 is 5.97 Å². The highest BCUT2D eigenvalue weighted by atomic mass is 16.7. The normalized spacial score (nSPS) is 11.7. The van der Waals surface area contributed by atoms with Crippen molar-refractivity contribution >= 4 is 5.97 Å². The Kier molecular flexibility index (Phi) is 13.7. The number of hydrogen-bond donors (Lipinski definition) is 0. The number of allylic oxidation sites excluding steroid dienone is 6. The lowest BCUT2D eigenvalue weighted by Crippen LogP contribution is -2.44. The predicted octanol–water partition coefficient (Wildman–Crippen LogP) is 5.52. The van der Waals surface area contributed by atoms with Crippen LogP contribution in [0.2, 0.25) is 0 Å². The van der Waals surface area contributed by atoms with Gasteiger partial charge in [-0.15, -0.1) is 0 Å². The second-order valence-electron chi connectivity index (χ2n) is 6.30. The average molecular weight is 357 g/mol. The smallest absolute Gasteiger partial charge is 0.245 e. The summed E-state index contributed by atoms with van der Waals surface area (Å²) in [5, 5.41) is 0. The van der Waals surface area contributed by atoms with Crippen LogP contribution in [0.4, 0.5) is 0 Å². The third-order valence-electron chi connectivity index (χ3n) is 3.93. The van der Waals surface area contributed by atoms with Crippen LogP contribution in [0.25, 0.3) is 0 Å². The first-order chi connectivity index (χ1) is 12.8. The largest absolute Gasteiger partial charge is 0.380 e. The van der Waals surface area contributed by atoms with Crippen LogP contribution in [0.5, 0.6) is 0 Å². The van der Waals surface area contributed by atoms with Gasteiger partial charge in [0.2, 0.25) is 12.4 Å². The zero-order valence-corrected chi connectivity index (χ0v) is 16.2. The monoisotopic (exact) mass is 356 g/mol. The van der Waals surface area contributed by atoms with Gasteiger partial charge in [0.1, 0.15) is 0 Å². The highest BCUT2D eigenvalue weighted by Crippen LogP contribution is 2.08. The van der Waals surface area contributed by atoms with Gasteiger partial charge < -0.3 is 0 Å². The Balaban J connectivity index is 1.89. The van der Waals surface area contributed by atoms with E-state index in [1.165, 1.54) is 24.0 Å². The summed E-state index contributed by atoms with van der Waals surface area (Å²) in [5.41, 5.74) is 0. The summed E-state index contributed by atoms with van der Waals surface area (Å²) in [5.74, 6) is -0.164. The molecule has 0 aliphatic heterocycles. The number of hydrogen-bond acceptors (Lipinski definition) is 2. The highest BCUT2D eigenvalue weighted by Gasteiger charge is 2.09. The molecular weight excluding hydrogens is 322 g/mol. The van der Waals surface area contributed by atoms with E-state index >= 15 is 0 Å². The molecule has 0 amide bonds. The number of carbonyl (C=O) groups excluding carboxylic acids is 1. The lowest BCUT2D eigenvalue weighted by molar-refractivity contribution is -0.869. The Morgan fingerprint density at radius 2 is 1.42 bits per heavy atom. The van der Waals surface area contributed by atoms with Crippen LogP contribution < -0.4 is 9.57 Å². The summed E-state index contributed by atoms with van der Waals surface area (Å²) < 4.78 is 1.45. The molecule has 0 fully saturated rings. The Hall–Kier alpha value is -2.16. The number of pyridine rings is 1. The average Bonchev–Trinajstić information content (AvgIpc) is 2.65. The first-order valence-electron chi connectivity index (χ1n) is 9.95.